The van der Waals surface area contributed by atoms with E-state index in [0.29, 0.717) is 68.6 Å². The molecule has 0 bridgehead atoms. The molecule has 0 spiro atoms. The van der Waals surface area contributed by atoms with E-state index < -0.39 is 0 Å². The summed E-state index contributed by atoms with van der Waals surface area (Å²) >= 11 is 0. The van der Waals surface area contributed by atoms with Gasteiger partial charge in [0.25, 0.3) is 11.8 Å². The molecule has 212 valence electrons. The second-order valence-corrected chi connectivity index (χ2v) is 9.72. The van der Waals surface area contributed by atoms with E-state index >= 15 is 0 Å². The summed E-state index contributed by atoms with van der Waals surface area (Å²) in [6.07, 6.45) is 0. The first-order valence-electron chi connectivity index (χ1n) is 13.3. The molecular weight excluding hydrogens is 513 g/mol. The van der Waals surface area contributed by atoms with Crippen LogP contribution in [0.4, 0.5) is 4.39 Å². The Morgan fingerprint density at radius 2 is 1.50 bits per heavy atom. The van der Waals surface area contributed by atoms with Crippen LogP contribution in [0.2, 0.25) is 0 Å². The van der Waals surface area contributed by atoms with Crippen molar-refractivity contribution < 1.29 is 28.2 Å². The van der Waals surface area contributed by atoms with Gasteiger partial charge in [0, 0.05) is 56.9 Å². The molecule has 1 heterocycles. The number of nitrogens with zero attached hydrogens (tertiary/aromatic N) is 3. The fraction of sp³-hybridized carbons (Fsp3) is 0.355. The Morgan fingerprint density at radius 3 is 2.08 bits per heavy atom. The number of benzene rings is 3. The minimum absolute atomic E-state index is 0.0493. The van der Waals surface area contributed by atoms with Crippen LogP contribution in [0.1, 0.15) is 31.8 Å². The lowest BCUT2D eigenvalue weighted by Gasteiger charge is -2.36. The van der Waals surface area contributed by atoms with E-state index in [0.717, 1.165) is 16.7 Å². The molecule has 1 aliphatic rings. The molecule has 1 saturated heterocycles. The van der Waals surface area contributed by atoms with Gasteiger partial charge in [-0.15, -0.1) is 0 Å². The van der Waals surface area contributed by atoms with Gasteiger partial charge >= 0.3 is 0 Å². The maximum absolute atomic E-state index is 13.8. The van der Waals surface area contributed by atoms with Crippen molar-refractivity contribution >= 4 is 11.8 Å². The molecule has 8 nitrogen and oxygen atoms in total. The largest absolute Gasteiger partial charge is 0.493 e. The number of ether oxygens (including phenoxy) is 3. The Labute approximate surface area is 234 Å². The van der Waals surface area contributed by atoms with Crippen molar-refractivity contribution in [2.24, 2.45) is 0 Å². The van der Waals surface area contributed by atoms with E-state index in [1.807, 2.05) is 36.1 Å². The Kier molecular flexibility index (Phi) is 9.60. The predicted octanol–water partition coefficient (Wildman–Crippen LogP) is 4.26. The van der Waals surface area contributed by atoms with Gasteiger partial charge in [-0.1, -0.05) is 30.3 Å². The summed E-state index contributed by atoms with van der Waals surface area (Å²) in [4.78, 5) is 32.7. The molecule has 0 saturated carbocycles. The third-order valence-corrected chi connectivity index (χ3v) is 7.21. The van der Waals surface area contributed by atoms with Crippen molar-refractivity contribution in [3.05, 3.63) is 88.7 Å². The normalized spacial score (nSPS) is 13.6. The minimum Gasteiger partial charge on any atom is -0.493 e. The second kappa shape index (κ2) is 13.3. The number of amides is 2. The molecule has 0 aromatic heterocycles. The highest BCUT2D eigenvalue weighted by molar-refractivity contribution is 5.96. The van der Waals surface area contributed by atoms with Gasteiger partial charge in [-0.2, -0.15) is 0 Å². The quantitative estimate of drug-likeness (QED) is 0.377. The van der Waals surface area contributed by atoms with Crippen LogP contribution in [-0.4, -0.2) is 87.1 Å². The van der Waals surface area contributed by atoms with Gasteiger partial charge in [0.2, 0.25) is 5.75 Å². The molecule has 4 rings (SSSR count). The van der Waals surface area contributed by atoms with Crippen LogP contribution in [0, 0.1) is 12.7 Å². The fourth-order valence-corrected chi connectivity index (χ4v) is 4.87. The van der Waals surface area contributed by atoms with Gasteiger partial charge in [0.15, 0.2) is 11.5 Å². The van der Waals surface area contributed by atoms with Crippen LogP contribution in [-0.2, 0) is 6.54 Å². The Morgan fingerprint density at radius 1 is 0.875 bits per heavy atom. The van der Waals surface area contributed by atoms with E-state index in [1.165, 1.54) is 33.5 Å². The maximum atomic E-state index is 13.8. The number of carbonyl (C=O) groups excluding carboxylic acids is 2. The SMILES string of the molecule is COc1cc(C(=O)N(CCN2CCN(C(=O)c3ccccc3C)CC2)Cc2ccc(F)cc2)cc(OC)c1OC. The standard InChI is InChI=1S/C31H36FN3O5/c1-22-7-5-6-8-26(22)31(37)34-16-13-33(14-17-34)15-18-35(21-23-9-11-25(32)12-10-23)30(36)24-19-27(38-2)29(40-4)28(20-24)39-3/h5-12,19-20H,13-18,21H2,1-4H3. The first-order valence-corrected chi connectivity index (χ1v) is 13.3. The van der Waals surface area contributed by atoms with E-state index in [1.54, 1.807) is 29.2 Å². The third-order valence-electron chi connectivity index (χ3n) is 7.21. The molecule has 3 aromatic carbocycles. The third kappa shape index (κ3) is 6.71. The average molecular weight is 550 g/mol. The predicted molar refractivity (Wildman–Crippen MR) is 151 cm³/mol. The molecule has 40 heavy (non-hydrogen) atoms. The average Bonchev–Trinajstić information content (AvgIpc) is 2.99. The van der Waals surface area contributed by atoms with Gasteiger partial charge in [-0.05, 0) is 48.4 Å². The van der Waals surface area contributed by atoms with Gasteiger partial charge in [0.05, 0.1) is 21.3 Å². The number of hydrogen-bond donors (Lipinski definition) is 0. The maximum Gasteiger partial charge on any atom is 0.254 e. The molecule has 2 amide bonds. The number of hydrogen-bond acceptors (Lipinski definition) is 6. The summed E-state index contributed by atoms with van der Waals surface area (Å²) in [5.41, 5.74) is 2.91. The number of piperazine rings is 1. The van der Waals surface area contributed by atoms with Crippen LogP contribution in [0.3, 0.4) is 0 Å². The van der Waals surface area contributed by atoms with E-state index in [-0.39, 0.29) is 17.6 Å². The highest BCUT2D eigenvalue weighted by atomic mass is 19.1. The van der Waals surface area contributed by atoms with Crippen LogP contribution in [0.5, 0.6) is 17.2 Å². The molecule has 0 aliphatic carbocycles. The molecule has 1 aliphatic heterocycles. The summed E-state index contributed by atoms with van der Waals surface area (Å²) < 4.78 is 29.8. The zero-order valence-electron chi connectivity index (χ0n) is 23.5. The lowest BCUT2D eigenvalue weighted by Crippen LogP contribution is -2.50. The first-order chi connectivity index (χ1) is 19.3. The van der Waals surface area contributed by atoms with Crippen molar-refractivity contribution in [1.82, 2.24) is 14.7 Å². The second-order valence-electron chi connectivity index (χ2n) is 9.72. The number of halogens is 1. The number of methoxy groups -OCH3 is 3. The number of rotatable bonds is 10. The van der Waals surface area contributed by atoms with Crippen molar-refractivity contribution in [2.45, 2.75) is 13.5 Å². The smallest absolute Gasteiger partial charge is 0.254 e. The summed E-state index contributed by atoms with van der Waals surface area (Å²) in [5, 5.41) is 0. The van der Waals surface area contributed by atoms with Crippen LogP contribution < -0.4 is 14.2 Å². The fourth-order valence-electron chi connectivity index (χ4n) is 4.87. The number of aryl methyl sites for hydroxylation is 1. The molecule has 0 radical (unpaired) electrons. The van der Waals surface area contributed by atoms with Gasteiger partial charge in [-0.25, -0.2) is 4.39 Å². The van der Waals surface area contributed by atoms with Crippen LogP contribution in [0.25, 0.3) is 0 Å². The zero-order chi connectivity index (χ0) is 28.6. The molecule has 0 N–H and O–H groups in total. The minimum atomic E-state index is -0.329. The summed E-state index contributed by atoms with van der Waals surface area (Å²) in [7, 11) is 4.52. The van der Waals surface area contributed by atoms with Crippen molar-refractivity contribution in [3.63, 3.8) is 0 Å². The molecule has 9 heteroatoms. The van der Waals surface area contributed by atoms with Crippen molar-refractivity contribution in [1.29, 1.82) is 0 Å². The first kappa shape index (κ1) is 28.9. The molecule has 0 atom stereocenters. The van der Waals surface area contributed by atoms with E-state index in [4.69, 9.17) is 14.2 Å². The van der Waals surface area contributed by atoms with Gasteiger partial charge < -0.3 is 24.0 Å². The van der Waals surface area contributed by atoms with Crippen LogP contribution >= 0.6 is 0 Å². The Balaban J connectivity index is 1.47. The number of carbonyl (C=O) groups is 2. The highest BCUT2D eigenvalue weighted by Crippen LogP contribution is 2.38. The zero-order valence-corrected chi connectivity index (χ0v) is 23.5. The lowest BCUT2D eigenvalue weighted by molar-refractivity contribution is 0.0598. The molecule has 3 aromatic rings. The molecule has 1 fully saturated rings. The summed E-state index contributed by atoms with van der Waals surface area (Å²) in [5.74, 6) is 0.696. The molecule has 0 unspecified atom stereocenters. The lowest BCUT2D eigenvalue weighted by atomic mass is 10.1. The highest BCUT2D eigenvalue weighted by Gasteiger charge is 2.25. The van der Waals surface area contributed by atoms with Crippen LogP contribution in [0.15, 0.2) is 60.7 Å². The van der Waals surface area contributed by atoms with Crippen molar-refractivity contribution in [2.75, 3.05) is 60.6 Å². The van der Waals surface area contributed by atoms with Gasteiger partial charge in [0.1, 0.15) is 5.82 Å². The van der Waals surface area contributed by atoms with Crippen molar-refractivity contribution in [3.8, 4) is 17.2 Å². The summed E-state index contributed by atoms with van der Waals surface area (Å²) in [6, 6.07) is 17.1. The van der Waals surface area contributed by atoms with E-state index in [2.05, 4.69) is 4.90 Å². The van der Waals surface area contributed by atoms with Gasteiger partial charge in [-0.3, -0.25) is 14.5 Å². The monoisotopic (exact) mass is 549 g/mol. The van der Waals surface area contributed by atoms with E-state index in [9.17, 15) is 14.0 Å². The topological polar surface area (TPSA) is 71.6 Å². The summed E-state index contributed by atoms with van der Waals surface area (Å²) in [6.45, 7) is 5.98. The Hall–Kier alpha value is -4.11. The molecular formula is C31H36FN3O5. The Bertz CT molecular complexity index is 1300.